The van der Waals surface area contributed by atoms with Gasteiger partial charge in [-0.1, -0.05) is 5.92 Å². The van der Waals surface area contributed by atoms with Crippen molar-refractivity contribution in [1.82, 2.24) is 0 Å². The van der Waals surface area contributed by atoms with Gasteiger partial charge in [-0.15, -0.1) is 6.42 Å². The van der Waals surface area contributed by atoms with E-state index >= 15 is 0 Å². The molecule has 0 aromatic rings. The topological polar surface area (TPSA) is 54.0 Å². The van der Waals surface area contributed by atoms with Crippen LogP contribution in [-0.4, -0.2) is 29.8 Å². The van der Waals surface area contributed by atoms with E-state index in [1.807, 2.05) is 13.8 Å². The van der Waals surface area contributed by atoms with Crippen LogP contribution in [-0.2, 0) is 23.7 Å². The highest BCUT2D eigenvalue weighted by atomic mass is 16.9. The monoisotopic (exact) mass is 282 g/mol. The van der Waals surface area contributed by atoms with Crippen LogP contribution in [0.5, 0.6) is 0 Å². The van der Waals surface area contributed by atoms with Crippen LogP contribution < -0.4 is 0 Å². The van der Waals surface area contributed by atoms with Crippen LogP contribution >= 0.6 is 0 Å². The van der Waals surface area contributed by atoms with Crippen LogP contribution in [0.1, 0.15) is 41.5 Å². The summed E-state index contributed by atoms with van der Waals surface area (Å²) in [6, 6.07) is 0. The number of ether oxygens (including phenoxy) is 4. The summed E-state index contributed by atoms with van der Waals surface area (Å²) in [5.41, 5.74) is -1.17. The van der Waals surface area contributed by atoms with Gasteiger partial charge in [0.2, 0.25) is 0 Å². The summed E-state index contributed by atoms with van der Waals surface area (Å²) < 4.78 is 21.8. The zero-order valence-electron chi connectivity index (χ0n) is 12.9. The molecule has 1 aliphatic rings. The van der Waals surface area contributed by atoms with E-state index in [2.05, 4.69) is 5.92 Å². The van der Waals surface area contributed by atoms with E-state index in [1.54, 1.807) is 27.7 Å². The minimum absolute atomic E-state index is 0.121. The first-order valence-electron chi connectivity index (χ1n) is 6.58. The number of rotatable bonds is 4. The van der Waals surface area contributed by atoms with Crippen LogP contribution in [0.2, 0.25) is 0 Å². The van der Waals surface area contributed by atoms with Crippen molar-refractivity contribution < 1.29 is 23.7 Å². The lowest BCUT2D eigenvalue weighted by molar-refractivity contribution is -0.338. The molecule has 1 saturated heterocycles. The van der Waals surface area contributed by atoms with Crippen molar-refractivity contribution in [3.8, 4) is 12.3 Å². The molecule has 5 heteroatoms. The van der Waals surface area contributed by atoms with Gasteiger partial charge in [0, 0.05) is 6.92 Å². The fourth-order valence-electron chi connectivity index (χ4n) is 1.86. The van der Waals surface area contributed by atoms with Crippen molar-refractivity contribution in [3.63, 3.8) is 0 Å². The molecule has 0 spiro atoms. The Balaban J connectivity index is 2.98. The van der Waals surface area contributed by atoms with Gasteiger partial charge in [-0.25, -0.2) is 4.79 Å². The SMILES string of the molecule is C#CC1(C)OC(C)(OC(C)C)O/C1=C\C(=O)OC(C)C. The van der Waals surface area contributed by atoms with Gasteiger partial charge in [0.05, 0.1) is 18.3 Å². The van der Waals surface area contributed by atoms with E-state index in [-0.39, 0.29) is 18.0 Å². The van der Waals surface area contributed by atoms with Crippen molar-refractivity contribution in [2.24, 2.45) is 0 Å². The Morgan fingerprint density at radius 2 is 1.90 bits per heavy atom. The Labute approximate surface area is 120 Å². The van der Waals surface area contributed by atoms with Crippen molar-refractivity contribution in [2.45, 2.75) is 65.3 Å². The number of carbonyl (C=O) groups is 1. The Kier molecular flexibility index (Phi) is 4.85. The molecule has 0 N–H and O–H groups in total. The summed E-state index contributed by atoms with van der Waals surface area (Å²) in [4.78, 5) is 11.7. The summed E-state index contributed by atoms with van der Waals surface area (Å²) >= 11 is 0. The lowest BCUT2D eigenvalue weighted by Gasteiger charge is -2.25. The first-order chi connectivity index (χ1) is 9.10. The molecule has 2 unspecified atom stereocenters. The van der Waals surface area contributed by atoms with Gasteiger partial charge < -0.3 is 14.2 Å². The van der Waals surface area contributed by atoms with E-state index < -0.39 is 17.5 Å². The zero-order chi connectivity index (χ0) is 15.6. The molecule has 0 amide bonds. The maximum atomic E-state index is 11.7. The van der Waals surface area contributed by atoms with E-state index in [4.69, 9.17) is 25.4 Å². The molecule has 5 nitrogen and oxygen atoms in total. The van der Waals surface area contributed by atoms with Gasteiger partial charge in [-0.3, -0.25) is 4.74 Å². The smallest absolute Gasteiger partial charge is 0.334 e. The fraction of sp³-hybridized carbons (Fsp3) is 0.667. The van der Waals surface area contributed by atoms with Gasteiger partial charge >= 0.3 is 11.9 Å². The summed E-state index contributed by atoms with van der Waals surface area (Å²) in [6.45, 7) is 10.5. The van der Waals surface area contributed by atoms with Crippen LogP contribution in [0, 0.1) is 12.3 Å². The summed E-state index contributed by atoms with van der Waals surface area (Å²) in [7, 11) is 0. The standard InChI is InChI=1S/C15H22O5/c1-8-14(6)12(9-13(16)17-10(2)3)19-15(7,20-14)18-11(4)5/h1,9-11H,2-7H3/b12-9-. The molecule has 1 aliphatic heterocycles. The van der Waals surface area contributed by atoms with Crippen molar-refractivity contribution >= 4 is 5.97 Å². The van der Waals surface area contributed by atoms with Crippen molar-refractivity contribution in [3.05, 3.63) is 11.8 Å². The zero-order valence-corrected chi connectivity index (χ0v) is 12.9. The number of hydrogen-bond donors (Lipinski definition) is 0. The highest BCUT2D eigenvalue weighted by Gasteiger charge is 2.51. The Bertz CT molecular complexity index is 446. The molecule has 1 fully saturated rings. The molecule has 0 aromatic carbocycles. The normalized spacial score (nSPS) is 31.4. The predicted octanol–water partition coefficient (Wildman–Crippen LogP) is 2.36. The lowest BCUT2D eigenvalue weighted by Crippen LogP contribution is -2.35. The van der Waals surface area contributed by atoms with Crippen molar-refractivity contribution in [2.75, 3.05) is 0 Å². The van der Waals surface area contributed by atoms with Crippen LogP contribution in [0.25, 0.3) is 0 Å². The average Bonchev–Trinajstić information content (AvgIpc) is 2.48. The first kappa shape index (κ1) is 16.5. The van der Waals surface area contributed by atoms with Gasteiger partial charge in [-0.05, 0) is 34.6 Å². The van der Waals surface area contributed by atoms with Crippen molar-refractivity contribution in [1.29, 1.82) is 0 Å². The van der Waals surface area contributed by atoms with Gasteiger partial charge in [0.1, 0.15) is 0 Å². The summed E-state index contributed by atoms with van der Waals surface area (Å²) in [5, 5.41) is 0. The third-order valence-electron chi connectivity index (χ3n) is 2.48. The van der Waals surface area contributed by atoms with E-state index in [0.717, 1.165) is 0 Å². The molecule has 0 saturated carbocycles. The van der Waals surface area contributed by atoms with Gasteiger partial charge in [0.15, 0.2) is 11.4 Å². The maximum Gasteiger partial charge on any atom is 0.334 e. The quantitative estimate of drug-likeness (QED) is 0.450. The Morgan fingerprint density at radius 1 is 1.30 bits per heavy atom. The van der Waals surface area contributed by atoms with E-state index in [9.17, 15) is 4.79 Å². The third kappa shape index (κ3) is 3.99. The molecule has 0 radical (unpaired) electrons. The van der Waals surface area contributed by atoms with Crippen LogP contribution in [0.3, 0.4) is 0 Å². The van der Waals surface area contributed by atoms with Gasteiger partial charge in [0.25, 0.3) is 0 Å². The molecule has 0 bridgehead atoms. The number of carbonyl (C=O) groups excluding carboxylic acids is 1. The summed E-state index contributed by atoms with van der Waals surface area (Å²) in [5.74, 6) is 0.823. The second kappa shape index (κ2) is 5.86. The number of terminal acetylenes is 1. The molecule has 112 valence electrons. The first-order valence-corrected chi connectivity index (χ1v) is 6.58. The second-order valence-corrected chi connectivity index (χ2v) is 5.40. The summed E-state index contributed by atoms with van der Waals surface area (Å²) in [6.07, 6.45) is 6.34. The highest BCUT2D eigenvalue weighted by molar-refractivity contribution is 5.83. The molecular formula is C15H22O5. The lowest BCUT2D eigenvalue weighted by atomic mass is 10.1. The molecular weight excluding hydrogens is 260 g/mol. The predicted molar refractivity (Wildman–Crippen MR) is 73.3 cm³/mol. The molecule has 1 heterocycles. The minimum atomic E-state index is -1.32. The molecule has 0 aromatic heterocycles. The molecule has 0 aliphatic carbocycles. The van der Waals surface area contributed by atoms with Crippen LogP contribution in [0.15, 0.2) is 11.8 Å². The molecule has 2 atom stereocenters. The third-order valence-corrected chi connectivity index (χ3v) is 2.48. The average molecular weight is 282 g/mol. The van der Waals surface area contributed by atoms with E-state index in [0.29, 0.717) is 0 Å². The minimum Gasteiger partial charge on any atom is -0.460 e. The second-order valence-electron chi connectivity index (χ2n) is 5.40. The molecule has 1 rings (SSSR count). The number of esters is 1. The van der Waals surface area contributed by atoms with Crippen LogP contribution in [0.4, 0.5) is 0 Å². The largest absolute Gasteiger partial charge is 0.460 e. The Hall–Kier alpha value is -1.51. The Morgan fingerprint density at radius 3 is 2.35 bits per heavy atom. The highest BCUT2D eigenvalue weighted by Crippen LogP contribution is 2.40. The number of hydrogen-bond acceptors (Lipinski definition) is 5. The van der Waals surface area contributed by atoms with Gasteiger partial charge in [-0.2, -0.15) is 0 Å². The maximum absolute atomic E-state index is 11.7. The fourth-order valence-corrected chi connectivity index (χ4v) is 1.86. The molecule has 20 heavy (non-hydrogen) atoms. The van der Waals surface area contributed by atoms with E-state index in [1.165, 1.54) is 6.08 Å².